The SMILES string of the molecule is C=CC[Si](CC=C)(CC=C)C(O)CCCCCCCCCC. The van der Waals surface area contributed by atoms with Gasteiger partial charge in [0.1, 0.15) is 0 Å². The normalized spacial score (nSPS) is 12.8. The molecule has 0 radical (unpaired) electrons. The summed E-state index contributed by atoms with van der Waals surface area (Å²) in [7, 11) is -1.78. The zero-order valence-corrected chi connectivity index (χ0v) is 15.9. The molecule has 0 aromatic carbocycles. The van der Waals surface area contributed by atoms with Crippen LogP contribution in [0.5, 0.6) is 0 Å². The number of hydrogen-bond donors (Lipinski definition) is 1. The van der Waals surface area contributed by atoms with Gasteiger partial charge in [-0.25, -0.2) is 0 Å². The molecule has 2 heteroatoms. The number of rotatable bonds is 16. The fourth-order valence-corrected chi connectivity index (χ4v) is 7.16. The van der Waals surface area contributed by atoms with Crippen LogP contribution in [0, 0.1) is 0 Å². The van der Waals surface area contributed by atoms with Crippen molar-refractivity contribution in [2.75, 3.05) is 0 Å². The van der Waals surface area contributed by atoms with E-state index in [0.29, 0.717) is 0 Å². The largest absolute Gasteiger partial charge is 0.396 e. The number of hydrogen-bond acceptors (Lipinski definition) is 1. The monoisotopic (exact) mass is 322 g/mol. The minimum atomic E-state index is -1.78. The van der Waals surface area contributed by atoms with Crippen molar-refractivity contribution in [2.45, 2.75) is 88.6 Å². The Kier molecular flexibility index (Phi) is 13.6. The predicted molar refractivity (Wildman–Crippen MR) is 104 cm³/mol. The van der Waals surface area contributed by atoms with Crippen LogP contribution in [0.4, 0.5) is 0 Å². The second kappa shape index (κ2) is 14.0. The van der Waals surface area contributed by atoms with Gasteiger partial charge in [0.2, 0.25) is 0 Å². The Balaban J connectivity index is 4.11. The van der Waals surface area contributed by atoms with Crippen LogP contribution in [-0.4, -0.2) is 18.9 Å². The summed E-state index contributed by atoms with van der Waals surface area (Å²) in [5.41, 5.74) is -0.151. The number of aliphatic hydroxyl groups excluding tert-OH is 1. The summed E-state index contributed by atoms with van der Waals surface area (Å²) in [6, 6.07) is 2.88. The Morgan fingerprint density at radius 1 is 0.773 bits per heavy atom. The van der Waals surface area contributed by atoms with Crippen LogP contribution < -0.4 is 0 Å². The summed E-state index contributed by atoms with van der Waals surface area (Å²) in [6.07, 6.45) is 17.4. The molecule has 0 aromatic rings. The van der Waals surface area contributed by atoms with Gasteiger partial charge in [0.15, 0.2) is 0 Å². The van der Waals surface area contributed by atoms with Crippen molar-refractivity contribution in [3.05, 3.63) is 38.0 Å². The fourth-order valence-electron chi connectivity index (χ4n) is 3.30. The lowest BCUT2D eigenvalue weighted by atomic mass is 10.1. The van der Waals surface area contributed by atoms with E-state index in [9.17, 15) is 5.11 Å². The molecular formula is C20H38OSi. The second-order valence-electron chi connectivity index (χ2n) is 6.62. The van der Waals surface area contributed by atoms with Crippen molar-refractivity contribution in [1.29, 1.82) is 0 Å². The van der Waals surface area contributed by atoms with Crippen molar-refractivity contribution in [3.8, 4) is 0 Å². The second-order valence-corrected chi connectivity index (χ2v) is 11.2. The highest BCUT2D eigenvalue weighted by Gasteiger charge is 2.36. The van der Waals surface area contributed by atoms with Crippen LogP contribution in [0.25, 0.3) is 0 Å². The van der Waals surface area contributed by atoms with E-state index in [1.807, 2.05) is 18.2 Å². The minimum absolute atomic E-state index is 0.151. The molecule has 1 atom stereocenters. The highest BCUT2D eigenvalue weighted by molar-refractivity contribution is 6.82. The lowest BCUT2D eigenvalue weighted by Gasteiger charge is -2.34. The average Bonchev–Trinajstić information content (AvgIpc) is 2.50. The maximum Gasteiger partial charge on any atom is 0.0983 e. The van der Waals surface area contributed by atoms with Gasteiger partial charge in [-0.1, -0.05) is 76.5 Å². The molecule has 0 rings (SSSR count). The minimum Gasteiger partial charge on any atom is -0.396 e. The van der Waals surface area contributed by atoms with E-state index < -0.39 is 8.07 Å². The molecule has 0 aromatic heterocycles. The molecule has 0 amide bonds. The molecule has 0 bridgehead atoms. The summed E-state index contributed by atoms with van der Waals surface area (Å²) in [5, 5.41) is 10.7. The summed E-state index contributed by atoms with van der Waals surface area (Å²) < 4.78 is 0. The summed E-state index contributed by atoms with van der Waals surface area (Å²) in [5.74, 6) is 0. The molecule has 0 saturated carbocycles. The third-order valence-corrected chi connectivity index (χ3v) is 9.70. The summed E-state index contributed by atoms with van der Waals surface area (Å²) in [6.45, 7) is 13.9. The van der Waals surface area contributed by atoms with Crippen molar-refractivity contribution < 1.29 is 5.11 Å². The standard InChI is InChI=1S/C20H38OSi/c1-5-9-10-11-12-13-14-15-16-20(21)22(17-6-2,18-7-3)19-8-4/h6-8,20-21H,2-5,9-19H2,1H3. The molecule has 0 aliphatic rings. The summed E-state index contributed by atoms with van der Waals surface area (Å²) >= 11 is 0. The van der Waals surface area contributed by atoms with Gasteiger partial charge in [-0.05, 0) is 24.6 Å². The van der Waals surface area contributed by atoms with E-state index in [2.05, 4.69) is 26.7 Å². The molecule has 0 saturated heterocycles. The first kappa shape index (κ1) is 21.4. The quantitative estimate of drug-likeness (QED) is 0.197. The lowest BCUT2D eigenvalue weighted by Crippen LogP contribution is -2.46. The molecule has 0 aliphatic carbocycles. The molecule has 0 fully saturated rings. The lowest BCUT2D eigenvalue weighted by molar-refractivity contribution is 0.226. The van der Waals surface area contributed by atoms with E-state index in [1.165, 1.54) is 44.9 Å². The van der Waals surface area contributed by atoms with Gasteiger partial charge in [0.25, 0.3) is 0 Å². The van der Waals surface area contributed by atoms with Crippen LogP contribution in [0.3, 0.4) is 0 Å². The topological polar surface area (TPSA) is 20.2 Å². The van der Waals surface area contributed by atoms with E-state index in [0.717, 1.165) is 31.0 Å². The zero-order valence-electron chi connectivity index (χ0n) is 14.9. The molecular weight excluding hydrogens is 284 g/mol. The van der Waals surface area contributed by atoms with Gasteiger partial charge in [-0.3, -0.25) is 0 Å². The van der Waals surface area contributed by atoms with E-state index >= 15 is 0 Å². The maximum atomic E-state index is 10.7. The average molecular weight is 323 g/mol. The van der Waals surface area contributed by atoms with Gasteiger partial charge in [0.05, 0.1) is 8.07 Å². The Morgan fingerprint density at radius 3 is 1.59 bits per heavy atom. The molecule has 0 spiro atoms. The first-order valence-electron chi connectivity index (χ1n) is 9.17. The van der Waals surface area contributed by atoms with Crippen LogP contribution in [0.1, 0.15) is 64.7 Å². The van der Waals surface area contributed by atoms with E-state index in [-0.39, 0.29) is 5.73 Å². The molecule has 0 heterocycles. The van der Waals surface area contributed by atoms with Gasteiger partial charge < -0.3 is 5.11 Å². The Labute approximate surface area is 140 Å². The third kappa shape index (κ3) is 8.75. The van der Waals surface area contributed by atoms with Crippen LogP contribution in [-0.2, 0) is 0 Å². The zero-order chi connectivity index (χ0) is 16.7. The Morgan fingerprint density at radius 2 is 1.18 bits per heavy atom. The van der Waals surface area contributed by atoms with Gasteiger partial charge >= 0.3 is 0 Å². The van der Waals surface area contributed by atoms with Crippen LogP contribution in [0.15, 0.2) is 38.0 Å². The van der Waals surface area contributed by atoms with Crippen molar-refractivity contribution in [2.24, 2.45) is 0 Å². The highest BCUT2D eigenvalue weighted by Crippen LogP contribution is 2.29. The number of allylic oxidation sites excluding steroid dienone is 3. The van der Waals surface area contributed by atoms with Gasteiger partial charge in [-0.15, -0.1) is 19.7 Å². The number of unbranched alkanes of at least 4 members (excludes halogenated alkanes) is 7. The number of aliphatic hydroxyl groups is 1. The summed E-state index contributed by atoms with van der Waals surface area (Å²) in [4.78, 5) is 0. The smallest absolute Gasteiger partial charge is 0.0983 e. The molecule has 1 nitrogen and oxygen atoms in total. The Bertz CT molecular complexity index is 272. The van der Waals surface area contributed by atoms with Crippen molar-refractivity contribution in [1.82, 2.24) is 0 Å². The molecule has 22 heavy (non-hydrogen) atoms. The fraction of sp³-hybridized carbons (Fsp3) is 0.700. The molecule has 0 aliphatic heterocycles. The predicted octanol–water partition coefficient (Wildman–Crippen LogP) is 6.42. The van der Waals surface area contributed by atoms with Gasteiger partial charge in [0, 0.05) is 5.73 Å². The molecule has 1 N–H and O–H groups in total. The van der Waals surface area contributed by atoms with Crippen molar-refractivity contribution >= 4 is 8.07 Å². The molecule has 1 unspecified atom stereocenters. The van der Waals surface area contributed by atoms with Crippen LogP contribution >= 0.6 is 0 Å². The first-order chi connectivity index (χ1) is 10.7. The van der Waals surface area contributed by atoms with E-state index in [4.69, 9.17) is 0 Å². The van der Waals surface area contributed by atoms with Gasteiger partial charge in [-0.2, -0.15) is 0 Å². The Hall–Kier alpha value is -0.603. The third-order valence-electron chi connectivity index (χ3n) is 4.69. The van der Waals surface area contributed by atoms with Crippen molar-refractivity contribution in [3.63, 3.8) is 0 Å². The van der Waals surface area contributed by atoms with Crippen LogP contribution in [0.2, 0.25) is 18.1 Å². The molecule has 128 valence electrons. The highest BCUT2D eigenvalue weighted by atomic mass is 28.3. The maximum absolute atomic E-state index is 10.7. The first-order valence-corrected chi connectivity index (χ1v) is 11.9. The van der Waals surface area contributed by atoms with E-state index in [1.54, 1.807) is 0 Å².